The van der Waals surface area contributed by atoms with Crippen molar-refractivity contribution in [2.24, 2.45) is 29.6 Å². The molecule has 2 aromatic rings. The average molecular weight is 635 g/mol. The summed E-state index contributed by atoms with van der Waals surface area (Å²) in [5, 5.41) is 25.2. The van der Waals surface area contributed by atoms with Crippen LogP contribution in [0, 0.1) is 29.6 Å². The number of nitrogens with one attached hydrogen (secondary N) is 2. The molecule has 1 saturated heterocycles. The van der Waals surface area contributed by atoms with Gasteiger partial charge in [-0.15, -0.1) is 0 Å². The number of hydrogen-bond acceptors (Lipinski definition) is 9. The van der Waals surface area contributed by atoms with Gasteiger partial charge >= 0.3 is 11.9 Å². The van der Waals surface area contributed by atoms with E-state index in [1.807, 2.05) is 45.1 Å². The number of H-pyrrole nitrogens is 1. The lowest BCUT2D eigenvalue weighted by atomic mass is 9.57. The third-order valence-electron chi connectivity index (χ3n) is 10.3. The number of rotatable bonds is 6. The van der Waals surface area contributed by atoms with E-state index in [1.165, 1.54) is 19.4 Å². The molecule has 1 aromatic carbocycles. The first-order valence-electron chi connectivity index (χ1n) is 15.9. The Hall–Kier alpha value is -3.77. The number of esters is 2. The zero-order valence-corrected chi connectivity index (χ0v) is 26.6. The Balaban J connectivity index is 1.28. The second-order valence-corrected chi connectivity index (χ2v) is 13.1. The number of hydrogen-bond donors (Lipinski definition) is 4. The largest absolute Gasteiger partial charge is 0.457 e. The summed E-state index contributed by atoms with van der Waals surface area (Å²) in [5.41, 5.74) is 0.887. The molecule has 3 heterocycles. The van der Waals surface area contributed by atoms with Gasteiger partial charge < -0.3 is 39.5 Å². The fourth-order valence-corrected chi connectivity index (χ4v) is 8.06. The zero-order chi connectivity index (χ0) is 32.9. The maximum absolute atomic E-state index is 13.5. The number of aromatic nitrogens is 1. The van der Waals surface area contributed by atoms with E-state index < -0.39 is 60.1 Å². The van der Waals surface area contributed by atoms with Gasteiger partial charge in [-0.2, -0.15) is 0 Å². The lowest BCUT2D eigenvalue weighted by Crippen LogP contribution is -2.57. The molecule has 2 aliphatic heterocycles. The molecule has 4 aliphatic rings. The summed E-state index contributed by atoms with van der Waals surface area (Å²) in [5.74, 6) is -3.33. The molecule has 2 fully saturated rings. The first kappa shape index (κ1) is 32.2. The number of ether oxygens (including phenoxy) is 4. The van der Waals surface area contributed by atoms with Crippen molar-refractivity contribution in [2.45, 2.75) is 76.3 Å². The quantitative estimate of drug-likeness (QED) is 0.275. The molecule has 0 radical (unpaired) electrons. The standard InChI is InChI=1S/C35H42N2O9/c1-17-13-18(2)35-22(14-26(43-5)34(42)44-29(17)20(4)38)11-12-24-27(35)28(39)19(3)30(31(24)46-35)45-33(41)25-15-23(16-36-25)37-32(40)21-9-7-6-8-10-21/h6-13,15-17,19-20,22,24,26-31,36,38-39H,14H2,1-5H3,(H,37,40)/b18-13-/t17-,19-,20-,22-,24?,26+,27?,28-,29+,30-,31+,35+/m1/s1. The summed E-state index contributed by atoms with van der Waals surface area (Å²) in [6.45, 7) is 7.26. The molecule has 1 amide bonds. The van der Waals surface area contributed by atoms with E-state index in [1.54, 1.807) is 31.2 Å². The van der Waals surface area contributed by atoms with Crippen LogP contribution in [0.15, 0.2) is 66.4 Å². The van der Waals surface area contributed by atoms with Crippen LogP contribution in [0.5, 0.6) is 0 Å². The van der Waals surface area contributed by atoms with Crippen LogP contribution in [0.2, 0.25) is 0 Å². The first-order chi connectivity index (χ1) is 22.0. The molecular weight excluding hydrogens is 592 g/mol. The molecule has 11 heteroatoms. The van der Waals surface area contributed by atoms with E-state index >= 15 is 0 Å². The van der Waals surface area contributed by atoms with Gasteiger partial charge in [-0.05, 0) is 44.0 Å². The van der Waals surface area contributed by atoms with Crippen LogP contribution in [-0.4, -0.2) is 82.4 Å². The highest BCUT2D eigenvalue weighted by atomic mass is 16.6. The van der Waals surface area contributed by atoms with Crippen molar-refractivity contribution in [3.05, 3.63) is 77.7 Å². The highest BCUT2D eigenvalue weighted by Crippen LogP contribution is 2.61. The number of aliphatic hydroxyl groups excluding tert-OH is 2. The Morgan fingerprint density at radius 3 is 2.61 bits per heavy atom. The van der Waals surface area contributed by atoms with Crippen LogP contribution in [0.3, 0.4) is 0 Å². The van der Waals surface area contributed by atoms with Crippen molar-refractivity contribution in [1.82, 2.24) is 4.98 Å². The molecule has 246 valence electrons. The molecule has 4 bridgehead atoms. The number of benzene rings is 1. The summed E-state index contributed by atoms with van der Waals surface area (Å²) in [6.07, 6.45) is 2.84. The Bertz CT molecular complexity index is 1530. The van der Waals surface area contributed by atoms with Gasteiger partial charge in [-0.1, -0.05) is 50.3 Å². The molecule has 1 aromatic heterocycles. The minimum Gasteiger partial charge on any atom is -0.457 e. The van der Waals surface area contributed by atoms with Gasteiger partial charge in [0, 0.05) is 48.5 Å². The van der Waals surface area contributed by atoms with E-state index in [4.69, 9.17) is 18.9 Å². The minimum absolute atomic E-state index is 0.147. The maximum Gasteiger partial charge on any atom is 0.355 e. The predicted octanol–water partition coefficient (Wildman–Crippen LogP) is 3.65. The van der Waals surface area contributed by atoms with E-state index in [0.717, 1.165) is 5.57 Å². The summed E-state index contributed by atoms with van der Waals surface area (Å²) in [4.78, 5) is 42.1. The number of carbonyl (C=O) groups excluding carboxylic acids is 3. The number of aliphatic hydroxyl groups is 2. The van der Waals surface area contributed by atoms with Gasteiger partial charge in [0.25, 0.3) is 5.91 Å². The molecule has 1 saturated carbocycles. The molecule has 2 aliphatic carbocycles. The Kier molecular flexibility index (Phi) is 8.71. The van der Waals surface area contributed by atoms with Crippen molar-refractivity contribution in [3.8, 4) is 0 Å². The normalized spacial score (nSPS) is 38.5. The summed E-state index contributed by atoms with van der Waals surface area (Å²) < 4.78 is 24.4. The summed E-state index contributed by atoms with van der Waals surface area (Å²) in [7, 11) is 1.45. The number of carbonyl (C=O) groups is 3. The number of amides is 1. The smallest absolute Gasteiger partial charge is 0.355 e. The fraction of sp³-hybridized carbons (Fsp3) is 0.514. The lowest BCUT2D eigenvalue weighted by Gasteiger charge is -2.48. The molecule has 2 unspecified atom stereocenters. The Labute approximate surface area is 267 Å². The predicted molar refractivity (Wildman–Crippen MR) is 167 cm³/mol. The molecule has 11 nitrogen and oxygen atoms in total. The van der Waals surface area contributed by atoms with Crippen LogP contribution in [-0.2, 0) is 23.7 Å². The molecule has 4 N–H and O–H groups in total. The van der Waals surface area contributed by atoms with Crippen LogP contribution in [0.25, 0.3) is 0 Å². The third kappa shape index (κ3) is 5.38. The molecule has 6 rings (SSSR count). The number of methoxy groups -OCH3 is 1. The second kappa shape index (κ2) is 12.4. The third-order valence-corrected chi connectivity index (χ3v) is 10.3. The molecule has 12 atom stereocenters. The Morgan fingerprint density at radius 2 is 1.91 bits per heavy atom. The van der Waals surface area contributed by atoms with Crippen molar-refractivity contribution < 1.29 is 43.5 Å². The molecule has 46 heavy (non-hydrogen) atoms. The summed E-state index contributed by atoms with van der Waals surface area (Å²) >= 11 is 0. The van der Waals surface area contributed by atoms with Gasteiger partial charge in [-0.3, -0.25) is 4.79 Å². The van der Waals surface area contributed by atoms with Crippen molar-refractivity contribution >= 4 is 23.5 Å². The fourth-order valence-electron chi connectivity index (χ4n) is 8.06. The van der Waals surface area contributed by atoms with E-state index in [2.05, 4.69) is 10.3 Å². The average Bonchev–Trinajstić information content (AvgIpc) is 3.58. The Morgan fingerprint density at radius 1 is 1.17 bits per heavy atom. The maximum atomic E-state index is 13.5. The van der Waals surface area contributed by atoms with Gasteiger partial charge in [0.2, 0.25) is 0 Å². The number of cyclic esters (lactones) is 1. The SMILES string of the molecule is CO[C@H]1C[C@H]2C=CC3C4[C@H](O)[C@@H](C)[C@@H](OC(=O)c5cc(NC(=O)c6ccccc6)c[nH]5)[C@H]3O[C@]42/C(C)=C\[C@@H](C)[C@@H]([C@@H](C)O)OC1=O. The van der Waals surface area contributed by atoms with E-state index in [0.29, 0.717) is 11.3 Å². The molecular formula is C35H42N2O9. The van der Waals surface area contributed by atoms with Crippen LogP contribution < -0.4 is 5.32 Å². The lowest BCUT2D eigenvalue weighted by molar-refractivity contribution is -0.172. The first-order valence-corrected chi connectivity index (χ1v) is 15.9. The van der Waals surface area contributed by atoms with Crippen molar-refractivity contribution in [1.29, 1.82) is 0 Å². The number of aromatic amines is 1. The van der Waals surface area contributed by atoms with E-state index in [-0.39, 0.29) is 41.7 Å². The zero-order valence-electron chi connectivity index (χ0n) is 26.6. The van der Waals surface area contributed by atoms with Gasteiger partial charge in [0.1, 0.15) is 29.6 Å². The van der Waals surface area contributed by atoms with Gasteiger partial charge in [0.05, 0.1) is 17.9 Å². The molecule has 1 spiro atoms. The minimum atomic E-state index is -1.01. The highest BCUT2D eigenvalue weighted by molar-refractivity contribution is 6.04. The van der Waals surface area contributed by atoms with Crippen molar-refractivity contribution in [2.75, 3.05) is 12.4 Å². The summed E-state index contributed by atoms with van der Waals surface area (Å²) in [6, 6.07) is 10.3. The van der Waals surface area contributed by atoms with Gasteiger partial charge in [0.15, 0.2) is 6.10 Å². The van der Waals surface area contributed by atoms with Crippen LogP contribution in [0.4, 0.5) is 5.69 Å². The monoisotopic (exact) mass is 634 g/mol. The van der Waals surface area contributed by atoms with Crippen LogP contribution >= 0.6 is 0 Å². The number of anilines is 1. The topological polar surface area (TPSA) is 156 Å². The van der Waals surface area contributed by atoms with E-state index in [9.17, 15) is 24.6 Å². The highest BCUT2D eigenvalue weighted by Gasteiger charge is 2.69. The second-order valence-electron chi connectivity index (χ2n) is 13.1. The van der Waals surface area contributed by atoms with Crippen molar-refractivity contribution in [3.63, 3.8) is 0 Å². The van der Waals surface area contributed by atoms with Crippen LogP contribution in [0.1, 0.15) is 55.0 Å². The van der Waals surface area contributed by atoms with Gasteiger partial charge in [-0.25, -0.2) is 9.59 Å².